The van der Waals surface area contributed by atoms with E-state index in [0.717, 1.165) is 5.57 Å². The minimum absolute atomic E-state index is 0.167. The van der Waals surface area contributed by atoms with Crippen molar-refractivity contribution in [2.24, 2.45) is 0 Å². The van der Waals surface area contributed by atoms with Crippen LogP contribution in [0.5, 0.6) is 11.5 Å². The largest absolute Gasteiger partial charge is 0.468 e. The van der Waals surface area contributed by atoms with Crippen LogP contribution in [-0.4, -0.2) is 27.8 Å². The molecule has 102 valence electrons. The fourth-order valence-corrected chi connectivity index (χ4v) is 1.25. The Morgan fingerprint density at radius 2 is 1.84 bits per heavy atom. The van der Waals surface area contributed by atoms with E-state index in [0.29, 0.717) is 17.1 Å². The van der Waals surface area contributed by atoms with Crippen LogP contribution in [0, 0.1) is 11.8 Å². The average molecular weight is 262 g/mol. The van der Waals surface area contributed by atoms with Crippen LogP contribution in [0.4, 0.5) is 0 Å². The summed E-state index contributed by atoms with van der Waals surface area (Å²) in [5.74, 6) is 7.20. The number of rotatable bonds is 6. The Labute approximate surface area is 113 Å². The van der Waals surface area contributed by atoms with Crippen molar-refractivity contribution in [3.05, 3.63) is 35.9 Å². The number of ether oxygens (including phenoxy) is 4. The first-order chi connectivity index (χ1) is 9.17. The molecule has 4 nitrogen and oxygen atoms in total. The average Bonchev–Trinajstić information content (AvgIpc) is 2.41. The van der Waals surface area contributed by atoms with Gasteiger partial charge in [-0.25, -0.2) is 0 Å². The maximum Gasteiger partial charge on any atom is 0.188 e. The second-order valence-electron chi connectivity index (χ2n) is 3.79. The van der Waals surface area contributed by atoms with E-state index in [2.05, 4.69) is 18.4 Å². The number of hydrogen-bond donors (Lipinski definition) is 0. The molecule has 1 aromatic rings. The molecule has 19 heavy (non-hydrogen) atoms. The zero-order valence-electron chi connectivity index (χ0n) is 11.5. The van der Waals surface area contributed by atoms with E-state index >= 15 is 0 Å². The lowest BCUT2D eigenvalue weighted by Crippen LogP contribution is -2.02. The van der Waals surface area contributed by atoms with Crippen molar-refractivity contribution >= 4 is 0 Å². The maximum absolute atomic E-state index is 5.44. The number of allylic oxidation sites excluding steroid dienone is 1. The summed E-state index contributed by atoms with van der Waals surface area (Å²) in [6, 6.07) is 5.36. The van der Waals surface area contributed by atoms with Crippen molar-refractivity contribution in [3.8, 4) is 23.3 Å². The molecule has 0 N–H and O–H groups in total. The highest BCUT2D eigenvalue weighted by Gasteiger charge is 2.04. The van der Waals surface area contributed by atoms with Gasteiger partial charge in [-0.05, 0) is 30.7 Å². The van der Waals surface area contributed by atoms with Gasteiger partial charge in [0.2, 0.25) is 0 Å². The molecule has 0 aliphatic heterocycles. The standard InChI is InChI=1S/C15H18O4/c1-12(2)5-6-13-9-14(18-10-16-3)7-8-15(13)19-11-17-4/h7-9H,1,10-11H2,2-4H3. The Balaban J connectivity index is 2.97. The fraction of sp³-hybridized carbons (Fsp3) is 0.333. The van der Waals surface area contributed by atoms with E-state index in [1.807, 2.05) is 6.92 Å². The Hall–Kier alpha value is -1.96. The lowest BCUT2D eigenvalue weighted by atomic mass is 10.2. The highest BCUT2D eigenvalue weighted by Crippen LogP contribution is 2.23. The topological polar surface area (TPSA) is 36.9 Å². The normalized spacial score (nSPS) is 9.42. The highest BCUT2D eigenvalue weighted by molar-refractivity contribution is 5.51. The summed E-state index contributed by atoms with van der Waals surface area (Å²) < 4.78 is 20.5. The molecule has 1 aromatic carbocycles. The predicted octanol–water partition coefficient (Wildman–Crippen LogP) is 2.58. The fourth-order valence-electron chi connectivity index (χ4n) is 1.25. The van der Waals surface area contributed by atoms with Gasteiger partial charge in [0.1, 0.15) is 11.5 Å². The third kappa shape index (κ3) is 5.47. The van der Waals surface area contributed by atoms with Gasteiger partial charge in [-0.3, -0.25) is 0 Å². The Morgan fingerprint density at radius 1 is 1.16 bits per heavy atom. The molecule has 0 atom stereocenters. The molecule has 0 unspecified atom stereocenters. The van der Waals surface area contributed by atoms with Crippen LogP contribution in [0.1, 0.15) is 12.5 Å². The molecule has 0 spiro atoms. The summed E-state index contributed by atoms with van der Waals surface area (Å²) >= 11 is 0. The molecule has 0 heterocycles. The molecule has 0 aromatic heterocycles. The van der Waals surface area contributed by atoms with Crippen molar-refractivity contribution in [2.75, 3.05) is 27.8 Å². The smallest absolute Gasteiger partial charge is 0.188 e. The number of methoxy groups -OCH3 is 2. The van der Waals surface area contributed by atoms with Gasteiger partial charge >= 0.3 is 0 Å². The summed E-state index contributed by atoms with van der Waals surface area (Å²) in [5.41, 5.74) is 1.49. The summed E-state index contributed by atoms with van der Waals surface area (Å²) in [6.45, 7) is 5.94. The van der Waals surface area contributed by atoms with Crippen LogP contribution < -0.4 is 9.47 Å². The van der Waals surface area contributed by atoms with E-state index in [4.69, 9.17) is 18.9 Å². The van der Waals surface area contributed by atoms with E-state index in [1.165, 1.54) is 0 Å². The Morgan fingerprint density at radius 3 is 2.47 bits per heavy atom. The SMILES string of the molecule is C=C(C)C#Cc1cc(OCOC)ccc1OCOC. The monoisotopic (exact) mass is 262 g/mol. The second kappa shape index (κ2) is 8.20. The minimum Gasteiger partial charge on any atom is -0.468 e. The molecule has 1 rings (SSSR count). The van der Waals surface area contributed by atoms with Gasteiger partial charge in [-0.1, -0.05) is 18.4 Å². The zero-order valence-corrected chi connectivity index (χ0v) is 11.5. The van der Waals surface area contributed by atoms with Crippen molar-refractivity contribution in [2.45, 2.75) is 6.92 Å². The van der Waals surface area contributed by atoms with Gasteiger partial charge in [0.05, 0.1) is 5.56 Å². The van der Waals surface area contributed by atoms with Crippen LogP contribution >= 0.6 is 0 Å². The van der Waals surface area contributed by atoms with E-state index in [1.54, 1.807) is 32.4 Å². The van der Waals surface area contributed by atoms with Crippen molar-refractivity contribution in [3.63, 3.8) is 0 Å². The summed E-state index contributed by atoms with van der Waals surface area (Å²) in [4.78, 5) is 0. The van der Waals surface area contributed by atoms with Crippen molar-refractivity contribution in [1.29, 1.82) is 0 Å². The van der Waals surface area contributed by atoms with Crippen LogP contribution in [0.25, 0.3) is 0 Å². The van der Waals surface area contributed by atoms with Crippen LogP contribution in [0.3, 0.4) is 0 Å². The molecule has 4 heteroatoms. The van der Waals surface area contributed by atoms with Crippen LogP contribution in [-0.2, 0) is 9.47 Å². The molecule has 0 aliphatic carbocycles. The molecular formula is C15H18O4. The van der Waals surface area contributed by atoms with Crippen molar-refractivity contribution < 1.29 is 18.9 Å². The molecule has 0 aliphatic rings. The third-order valence-electron chi connectivity index (χ3n) is 2.04. The quantitative estimate of drug-likeness (QED) is 0.583. The van der Waals surface area contributed by atoms with Gasteiger partial charge < -0.3 is 18.9 Å². The van der Waals surface area contributed by atoms with Gasteiger partial charge in [-0.2, -0.15) is 0 Å². The molecule has 0 fully saturated rings. The summed E-state index contributed by atoms with van der Waals surface area (Å²) in [5, 5.41) is 0. The first-order valence-corrected chi connectivity index (χ1v) is 5.72. The first-order valence-electron chi connectivity index (χ1n) is 5.72. The molecule has 0 saturated carbocycles. The Kier molecular flexibility index (Phi) is 6.51. The van der Waals surface area contributed by atoms with E-state index < -0.39 is 0 Å². The minimum atomic E-state index is 0.167. The van der Waals surface area contributed by atoms with Gasteiger partial charge in [0.25, 0.3) is 0 Å². The molecule has 0 amide bonds. The van der Waals surface area contributed by atoms with E-state index in [-0.39, 0.29) is 13.6 Å². The molecule has 0 saturated heterocycles. The van der Waals surface area contributed by atoms with Crippen LogP contribution in [0.15, 0.2) is 30.4 Å². The third-order valence-corrected chi connectivity index (χ3v) is 2.04. The molecule has 0 bridgehead atoms. The van der Waals surface area contributed by atoms with Gasteiger partial charge in [-0.15, -0.1) is 0 Å². The van der Waals surface area contributed by atoms with Crippen molar-refractivity contribution in [1.82, 2.24) is 0 Å². The van der Waals surface area contributed by atoms with Gasteiger partial charge in [0, 0.05) is 14.2 Å². The second-order valence-corrected chi connectivity index (χ2v) is 3.79. The lowest BCUT2D eigenvalue weighted by Gasteiger charge is -2.10. The molecular weight excluding hydrogens is 244 g/mol. The molecule has 0 radical (unpaired) electrons. The summed E-state index contributed by atoms with van der Waals surface area (Å²) in [7, 11) is 3.13. The van der Waals surface area contributed by atoms with E-state index in [9.17, 15) is 0 Å². The predicted molar refractivity (Wildman–Crippen MR) is 73.1 cm³/mol. The number of hydrogen-bond acceptors (Lipinski definition) is 4. The Bertz CT molecular complexity index is 483. The number of benzene rings is 1. The van der Waals surface area contributed by atoms with Gasteiger partial charge in [0.15, 0.2) is 13.6 Å². The zero-order chi connectivity index (χ0) is 14.1. The summed E-state index contributed by atoms with van der Waals surface area (Å²) in [6.07, 6.45) is 0. The van der Waals surface area contributed by atoms with Crippen LogP contribution in [0.2, 0.25) is 0 Å². The first kappa shape index (κ1) is 15.1. The lowest BCUT2D eigenvalue weighted by molar-refractivity contribution is 0.0482. The highest BCUT2D eigenvalue weighted by atomic mass is 16.7. The maximum atomic E-state index is 5.44.